The average molecular weight is 435 g/mol. The van der Waals surface area contributed by atoms with Crippen molar-refractivity contribution < 1.29 is 4.79 Å². The summed E-state index contributed by atoms with van der Waals surface area (Å²) in [7, 11) is 0. The Bertz CT molecular complexity index is 607. The van der Waals surface area contributed by atoms with Crippen molar-refractivity contribution in [2.24, 2.45) is 23.5 Å². The summed E-state index contributed by atoms with van der Waals surface area (Å²) in [6.07, 6.45) is 8.81. The summed E-state index contributed by atoms with van der Waals surface area (Å²) < 4.78 is 0. The Hall–Kier alpha value is -0.560. The topological polar surface area (TPSA) is 62.5 Å². The molecular weight excluding hydrogens is 403 g/mol. The predicted octanol–water partition coefficient (Wildman–Crippen LogP) is 3.35. The van der Waals surface area contributed by atoms with Gasteiger partial charge in [0.05, 0.1) is 0 Å². The third kappa shape index (κ3) is 4.72. The molecule has 2 unspecified atom stereocenters. The van der Waals surface area contributed by atoms with E-state index in [0.29, 0.717) is 23.8 Å². The van der Waals surface area contributed by atoms with E-state index in [-0.39, 0.29) is 30.7 Å². The van der Waals surface area contributed by atoms with E-state index in [1.54, 1.807) is 11.3 Å². The second kappa shape index (κ2) is 9.77. The third-order valence-corrected chi connectivity index (χ3v) is 7.72. The summed E-state index contributed by atoms with van der Waals surface area (Å²) in [5.74, 6) is 1.75. The van der Waals surface area contributed by atoms with Crippen molar-refractivity contribution in [1.82, 2.24) is 9.88 Å². The van der Waals surface area contributed by atoms with Crippen LogP contribution in [0.4, 0.5) is 5.13 Å². The number of carbonyl (C=O) groups excluding carboxylic acids is 1. The molecule has 0 spiro atoms. The Morgan fingerprint density at radius 1 is 1.19 bits per heavy atom. The summed E-state index contributed by atoms with van der Waals surface area (Å²) in [6.45, 7) is 5.64. The van der Waals surface area contributed by atoms with Gasteiger partial charge in [0.15, 0.2) is 5.13 Å². The number of halogens is 2. The van der Waals surface area contributed by atoms with Crippen LogP contribution in [-0.4, -0.2) is 48.0 Å². The molecule has 4 rings (SSSR count). The summed E-state index contributed by atoms with van der Waals surface area (Å²) in [6, 6.07) is 0.340. The second-order valence-electron chi connectivity index (χ2n) is 7.97. The van der Waals surface area contributed by atoms with Crippen molar-refractivity contribution in [1.29, 1.82) is 0 Å². The number of rotatable bonds is 3. The molecule has 3 aliphatic rings. The summed E-state index contributed by atoms with van der Waals surface area (Å²) in [5, 5.41) is 1.11. The van der Waals surface area contributed by atoms with Crippen LogP contribution in [0.1, 0.15) is 43.9 Å². The minimum Gasteiger partial charge on any atom is -0.345 e. The fraction of sp³-hybridized carbons (Fsp3) is 0.789. The number of hydrogen-bond donors (Lipinski definition) is 1. The molecule has 2 heterocycles. The maximum atomic E-state index is 13.0. The summed E-state index contributed by atoms with van der Waals surface area (Å²) in [4.78, 5) is 23.3. The molecule has 0 aromatic carbocycles. The zero-order chi connectivity index (χ0) is 17.4. The van der Waals surface area contributed by atoms with Gasteiger partial charge in [-0.05, 0) is 43.9 Å². The van der Waals surface area contributed by atoms with Crippen LogP contribution in [0.25, 0.3) is 0 Å². The lowest BCUT2D eigenvalue weighted by atomic mass is 9.65. The molecule has 1 amide bonds. The van der Waals surface area contributed by atoms with E-state index in [9.17, 15) is 4.79 Å². The Morgan fingerprint density at radius 3 is 2.37 bits per heavy atom. The van der Waals surface area contributed by atoms with Gasteiger partial charge < -0.3 is 15.5 Å². The third-order valence-electron chi connectivity index (χ3n) is 6.51. The number of thiazole rings is 1. The average Bonchev–Trinajstić information content (AvgIpc) is 3.10. The molecule has 154 valence electrons. The number of carbonyl (C=O) groups is 1. The smallest absolute Gasteiger partial charge is 0.225 e. The van der Waals surface area contributed by atoms with Gasteiger partial charge in [0.1, 0.15) is 0 Å². The van der Waals surface area contributed by atoms with E-state index in [0.717, 1.165) is 50.6 Å². The minimum atomic E-state index is 0. The first kappa shape index (κ1) is 22.7. The molecule has 2 aliphatic carbocycles. The Labute approximate surface area is 178 Å². The van der Waals surface area contributed by atoms with Gasteiger partial charge in [0.25, 0.3) is 0 Å². The van der Waals surface area contributed by atoms with E-state index >= 15 is 0 Å². The number of piperazine rings is 1. The number of aryl methyl sites for hydroxylation is 1. The van der Waals surface area contributed by atoms with E-state index in [2.05, 4.69) is 21.7 Å². The van der Waals surface area contributed by atoms with E-state index in [1.165, 1.54) is 24.1 Å². The van der Waals surface area contributed by atoms with Crippen LogP contribution in [0.3, 0.4) is 0 Å². The molecule has 3 fully saturated rings. The molecule has 2 saturated carbocycles. The lowest BCUT2D eigenvalue weighted by molar-refractivity contribution is -0.138. The van der Waals surface area contributed by atoms with Crippen molar-refractivity contribution in [3.63, 3.8) is 0 Å². The molecule has 1 aromatic rings. The second-order valence-corrected chi connectivity index (χ2v) is 9.07. The normalized spacial score (nSPS) is 30.3. The highest BCUT2D eigenvalue weighted by molar-refractivity contribution is 7.15. The first-order valence-corrected chi connectivity index (χ1v) is 10.7. The van der Waals surface area contributed by atoms with Crippen LogP contribution in [0.5, 0.6) is 0 Å². The van der Waals surface area contributed by atoms with E-state index in [1.807, 2.05) is 6.20 Å². The van der Waals surface area contributed by atoms with E-state index < -0.39 is 0 Å². The molecule has 5 nitrogen and oxygen atoms in total. The molecule has 0 radical (unpaired) electrons. The number of nitrogens with two attached hydrogens (primary N) is 1. The largest absolute Gasteiger partial charge is 0.345 e. The number of nitrogens with zero attached hydrogens (tertiary/aromatic N) is 3. The number of aromatic nitrogens is 1. The molecule has 2 N–H and O–H groups in total. The number of anilines is 1. The molecule has 1 aromatic heterocycles. The van der Waals surface area contributed by atoms with Gasteiger partial charge in [-0.2, -0.15) is 0 Å². The zero-order valence-corrected chi connectivity index (χ0v) is 18.5. The van der Waals surface area contributed by atoms with E-state index in [4.69, 9.17) is 5.73 Å². The first-order valence-electron chi connectivity index (χ1n) is 9.89. The lowest BCUT2D eigenvalue weighted by Gasteiger charge is -2.45. The van der Waals surface area contributed by atoms with Crippen LogP contribution >= 0.6 is 36.2 Å². The van der Waals surface area contributed by atoms with Gasteiger partial charge in [-0.3, -0.25) is 4.79 Å². The quantitative estimate of drug-likeness (QED) is 0.791. The maximum absolute atomic E-state index is 13.0. The zero-order valence-electron chi connectivity index (χ0n) is 16.0. The van der Waals surface area contributed by atoms with Crippen molar-refractivity contribution >= 4 is 47.2 Å². The van der Waals surface area contributed by atoms with Crippen LogP contribution in [-0.2, 0) is 11.2 Å². The fourth-order valence-corrected chi connectivity index (χ4v) is 5.88. The lowest BCUT2D eigenvalue weighted by Crippen LogP contribution is -2.53. The summed E-state index contributed by atoms with van der Waals surface area (Å²) in [5.41, 5.74) is 6.38. The molecule has 27 heavy (non-hydrogen) atoms. The summed E-state index contributed by atoms with van der Waals surface area (Å²) >= 11 is 1.79. The van der Waals surface area contributed by atoms with Crippen molar-refractivity contribution in [3.05, 3.63) is 11.1 Å². The molecule has 2 bridgehead atoms. The number of amides is 1. The number of hydrogen-bond acceptors (Lipinski definition) is 5. The standard InChI is InChI=1S/C19H30N4OS.2ClH/c1-2-16-12-21-19(25-16)23-8-6-22(7-9-23)18(24)15-10-13-4-3-5-14(11-15)17(13)20;;/h12-15,17H,2-11,20H2,1H3;2*1H. The van der Waals surface area contributed by atoms with Crippen LogP contribution in [0.15, 0.2) is 6.20 Å². The highest BCUT2D eigenvalue weighted by Crippen LogP contribution is 2.42. The van der Waals surface area contributed by atoms with Crippen molar-refractivity contribution in [2.45, 2.75) is 51.5 Å². The van der Waals surface area contributed by atoms with Crippen LogP contribution < -0.4 is 10.6 Å². The van der Waals surface area contributed by atoms with Crippen LogP contribution in [0.2, 0.25) is 0 Å². The Kier molecular flexibility index (Phi) is 8.22. The molecule has 2 atom stereocenters. The van der Waals surface area contributed by atoms with Gasteiger partial charge in [-0.25, -0.2) is 4.98 Å². The van der Waals surface area contributed by atoms with Gasteiger partial charge in [-0.15, -0.1) is 36.2 Å². The van der Waals surface area contributed by atoms with Gasteiger partial charge in [0.2, 0.25) is 5.91 Å². The van der Waals surface area contributed by atoms with Gasteiger partial charge >= 0.3 is 0 Å². The Morgan fingerprint density at radius 2 is 1.81 bits per heavy atom. The SMILES string of the molecule is CCc1cnc(N2CCN(C(=O)C3CC4CCCC(C3)C4N)CC2)s1.Cl.Cl. The highest BCUT2D eigenvalue weighted by Gasteiger charge is 2.41. The fourth-order valence-electron chi connectivity index (χ4n) is 4.97. The monoisotopic (exact) mass is 434 g/mol. The molecular formula is C19H32Cl2N4OS. The molecule has 1 saturated heterocycles. The maximum Gasteiger partial charge on any atom is 0.225 e. The first-order chi connectivity index (χ1) is 12.2. The number of fused-ring (bicyclic) bond motifs is 2. The van der Waals surface area contributed by atoms with Gasteiger partial charge in [-0.1, -0.05) is 13.3 Å². The van der Waals surface area contributed by atoms with Crippen molar-refractivity contribution in [3.8, 4) is 0 Å². The molecule has 1 aliphatic heterocycles. The predicted molar refractivity (Wildman–Crippen MR) is 116 cm³/mol. The molecule has 8 heteroatoms. The highest BCUT2D eigenvalue weighted by atomic mass is 35.5. The van der Waals surface area contributed by atoms with Gasteiger partial charge in [0, 0.05) is 49.2 Å². The van der Waals surface area contributed by atoms with Crippen molar-refractivity contribution in [2.75, 3.05) is 31.1 Å². The van der Waals surface area contributed by atoms with Crippen LogP contribution in [0, 0.1) is 17.8 Å². The minimum absolute atomic E-state index is 0. The Balaban J connectivity index is 0.00000131.